The van der Waals surface area contributed by atoms with Crippen LogP contribution >= 0.6 is 0 Å². The van der Waals surface area contributed by atoms with Crippen molar-refractivity contribution in [3.63, 3.8) is 0 Å². The standard InChI is InChI=1S/C22H22O9/c1-9-18(26)19(27)20(28)22(30-9)17-15(29-2)8-13(25)16-12(24)7-14(31-21(16)17)10-3-5-11(23)6-4-10/h3-9,18-20,22-23,25-28H,1-2H3/t9-,18-,19-,20+,22+/m1/s1. The highest BCUT2D eigenvalue weighted by Gasteiger charge is 2.44. The van der Waals surface area contributed by atoms with Gasteiger partial charge in [0.05, 0.1) is 18.8 Å². The summed E-state index contributed by atoms with van der Waals surface area (Å²) in [6, 6.07) is 8.35. The van der Waals surface area contributed by atoms with Crippen molar-refractivity contribution in [2.24, 2.45) is 0 Å². The third-order valence-electron chi connectivity index (χ3n) is 5.49. The Morgan fingerprint density at radius 2 is 1.65 bits per heavy atom. The Labute approximate surface area is 176 Å². The van der Waals surface area contributed by atoms with E-state index in [1.165, 1.54) is 38.3 Å². The quantitative estimate of drug-likeness (QED) is 0.416. The number of hydrogen-bond acceptors (Lipinski definition) is 9. The molecule has 1 aliphatic rings. The molecule has 0 unspecified atom stereocenters. The van der Waals surface area contributed by atoms with Gasteiger partial charge in [-0.2, -0.15) is 0 Å². The van der Waals surface area contributed by atoms with Crippen LogP contribution in [0.3, 0.4) is 0 Å². The van der Waals surface area contributed by atoms with Crippen LogP contribution in [-0.2, 0) is 4.74 Å². The van der Waals surface area contributed by atoms with E-state index in [4.69, 9.17) is 13.9 Å². The molecule has 9 nitrogen and oxygen atoms in total. The summed E-state index contributed by atoms with van der Waals surface area (Å²) in [6.45, 7) is 1.53. The molecule has 0 spiro atoms. The van der Waals surface area contributed by atoms with E-state index < -0.39 is 35.9 Å². The first kappa shape index (κ1) is 21.1. The summed E-state index contributed by atoms with van der Waals surface area (Å²) in [5.74, 6) is -0.145. The lowest BCUT2D eigenvalue weighted by atomic mass is 9.90. The number of rotatable bonds is 3. The molecule has 5 atom stereocenters. The first-order valence-corrected chi connectivity index (χ1v) is 9.59. The van der Waals surface area contributed by atoms with Crippen LogP contribution in [0.4, 0.5) is 0 Å². The first-order chi connectivity index (χ1) is 14.7. The minimum Gasteiger partial charge on any atom is -0.508 e. The van der Waals surface area contributed by atoms with Crippen LogP contribution in [0.5, 0.6) is 17.2 Å². The number of aliphatic hydroxyl groups is 3. The van der Waals surface area contributed by atoms with Gasteiger partial charge in [0.2, 0.25) is 0 Å². The molecule has 0 bridgehead atoms. The highest BCUT2D eigenvalue weighted by molar-refractivity contribution is 5.89. The molecule has 4 rings (SSSR count). The van der Waals surface area contributed by atoms with Crippen LogP contribution in [-0.4, -0.2) is 57.1 Å². The zero-order valence-electron chi connectivity index (χ0n) is 16.7. The molecule has 1 saturated heterocycles. The van der Waals surface area contributed by atoms with Gasteiger partial charge in [0.1, 0.15) is 52.8 Å². The van der Waals surface area contributed by atoms with Crippen molar-refractivity contribution in [2.45, 2.75) is 37.4 Å². The fraction of sp³-hybridized carbons (Fsp3) is 0.318. The van der Waals surface area contributed by atoms with Crippen molar-refractivity contribution in [1.82, 2.24) is 0 Å². The van der Waals surface area contributed by atoms with Crippen molar-refractivity contribution in [1.29, 1.82) is 0 Å². The molecule has 2 heterocycles. The van der Waals surface area contributed by atoms with Crippen molar-refractivity contribution < 1.29 is 39.4 Å². The lowest BCUT2D eigenvalue weighted by molar-refractivity contribution is -0.219. The number of methoxy groups -OCH3 is 1. The third-order valence-corrected chi connectivity index (χ3v) is 5.49. The number of phenolic OH excluding ortho intramolecular Hbond substituents is 2. The molecule has 1 aliphatic heterocycles. The maximum absolute atomic E-state index is 12.9. The van der Waals surface area contributed by atoms with Gasteiger partial charge in [-0.3, -0.25) is 4.79 Å². The largest absolute Gasteiger partial charge is 0.508 e. The van der Waals surface area contributed by atoms with Crippen LogP contribution in [0.15, 0.2) is 45.6 Å². The predicted molar refractivity (Wildman–Crippen MR) is 109 cm³/mol. The second-order valence-electron chi connectivity index (χ2n) is 7.47. The normalized spacial score (nSPS) is 26.2. The molecule has 0 amide bonds. The van der Waals surface area contributed by atoms with E-state index in [-0.39, 0.29) is 39.5 Å². The summed E-state index contributed by atoms with van der Waals surface area (Å²) < 4.78 is 17.1. The Balaban J connectivity index is 2.00. The van der Waals surface area contributed by atoms with E-state index in [1.54, 1.807) is 12.1 Å². The molecule has 0 radical (unpaired) electrons. The van der Waals surface area contributed by atoms with E-state index in [1.807, 2.05) is 0 Å². The lowest BCUT2D eigenvalue weighted by Gasteiger charge is -2.39. The summed E-state index contributed by atoms with van der Waals surface area (Å²) in [7, 11) is 1.33. The van der Waals surface area contributed by atoms with Gasteiger partial charge in [0.25, 0.3) is 0 Å². The Morgan fingerprint density at radius 1 is 0.968 bits per heavy atom. The van der Waals surface area contributed by atoms with Gasteiger partial charge in [-0.05, 0) is 31.2 Å². The molecule has 31 heavy (non-hydrogen) atoms. The molecule has 0 saturated carbocycles. The zero-order chi connectivity index (χ0) is 22.4. The van der Waals surface area contributed by atoms with Crippen molar-refractivity contribution in [2.75, 3.05) is 7.11 Å². The molecule has 164 valence electrons. The monoisotopic (exact) mass is 430 g/mol. The van der Waals surface area contributed by atoms with Crippen molar-refractivity contribution in [3.05, 3.63) is 52.2 Å². The summed E-state index contributed by atoms with van der Waals surface area (Å²) in [5, 5.41) is 50.7. The number of benzene rings is 2. The number of phenols is 2. The minimum atomic E-state index is -1.56. The number of aromatic hydroxyl groups is 2. The van der Waals surface area contributed by atoms with Gasteiger partial charge in [-0.1, -0.05) is 0 Å². The Hall–Kier alpha value is -3.11. The smallest absolute Gasteiger partial charge is 0.197 e. The van der Waals surface area contributed by atoms with Crippen molar-refractivity contribution in [3.8, 4) is 28.6 Å². The number of fused-ring (bicyclic) bond motifs is 1. The van der Waals surface area contributed by atoms with Crippen molar-refractivity contribution >= 4 is 11.0 Å². The number of aliphatic hydroxyl groups excluding tert-OH is 3. The van der Waals surface area contributed by atoms with Crippen LogP contribution in [0.2, 0.25) is 0 Å². The fourth-order valence-electron chi connectivity index (χ4n) is 3.81. The van der Waals surface area contributed by atoms with Gasteiger partial charge < -0.3 is 39.4 Å². The lowest BCUT2D eigenvalue weighted by Crippen LogP contribution is -2.53. The average molecular weight is 430 g/mol. The predicted octanol–water partition coefficient (Wildman–Crippen LogP) is 1.42. The SMILES string of the molecule is COc1cc(O)c2c(=O)cc(-c3ccc(O)cc3)oc2c1[C@@H]1O[C@H](C)[C@@H](O)[C@@H](O)[C@@H]1O. The average Bonchev–Trinajstić information content (AvgIpc) is 2.75. The van der Waals surface area contributed by atoms with E-state index in [0.717, 1.165) is 0 Å². The molecule has 5 N–H and O–H groups in total. The van der Waals surface area contributed by atoms with Gasteiger partial charge in [0, 0.05) is 17.7 Å². The van der Waals surface area contributed by atoms with E-state index in [0.29, 0.717) is 5.56 Å². The van der Waals surface area contributed by atoms with E-state index in [9.17, 15) is 30.3 Å². The van der Waals surface area contributed by atoms with Crippen LogP contribution < -0.4 is 10.2 Å². The number of hydrogen-bond donors (Lipinski definition) is 5. The molecule has 0 aliphatic carbocycles. The summed E-state index contributed by atoms with van der Waals surface area (Å²) in [6.07, 6.45) is -6.46. The Bertz CT molecular complexity index is 1170. The first-order valence-electron chi connectivity index (χ1n) is 9.59. The van der Waals surface area contributed by atoms with Gasteiger partial charge in [-0.15, -0.1) is 0 Å². The van der Waals surface area contributed by atoms with Crippen LogP contribution in [0.25, 0.3) is 22.3 Å². The zero-order valence-corrected chi connectivity index (χ0v) is 16.7. The fourth-order valence-corrected chi connectivity index (χ4v) is 3.81. The highest BCUT2D eigenvalue weighted by Crippen LogP contribution is 2.44. The summed E-state index contributed by atoms with van der Waals surface area (Å²) in [4.78, 5) is 12.9. The maximum Gasteiger partial charge on any atom is 0.197 e. The molecule has 3 aromatic rings. The molecule has 2 aromatic carbocycles. The van der Waals surface area contributed by atoms with E-state index in [2.05, 4.69) is 0 Å². The molecule has 1 aromatic heterocycles. The van der Waals surface area contributed by atoms with Crippen LogP contribution in [0.1, 0.15) is 18.6 Å². The molecule has 1 fully saturated rings. The Kier molecular flexibility index (Phi) is 5.36. The molecular weight excluding hydrogens is 408 g/mol. The second kappa shape index (κ2) is 7.86. The van der Waals surface area contributed by atoms with Crippen LogP contribution in [0, 0.1) is 0 Å². The maximum atomic E-state index is 12.9. The minimum absolute atomic E-state index is 0.0344. The number of ether oxygens (including phenoxy) is 2. The van der Waals surface area contributed by atoms with E-state index >= 15 is 0 Å². The van der Waals surface area contributed by atoms with Gasteiger partial charge in [0.15, 0.2) is 11.0 Å². The Morgan fingerprint density at radius 3 is 2.29 bits per heavy atom. The second-order valence-corrected chi connectivity index (χ2v) is 7.47. The molecular formula is C22H22O9. The summed E-state index contributed by atoms with van der Waals surface area (Å²) in [5.41, 5.74) is -0.0470. The third kappa shape index (κ3) is 3.51. The topological polar surface area (TPSA) is 150 Å². The highest BCUT2D eigenvalue weighted by atomic mass is 16.5. The summed E-state index contributed by atoms with van der Waals surface area (Å²) >= 11 is 0. The van der Waals surface area contributed by atoms with Gasteiger partial charge >= 0.3 is 0 Å². The van der Waals surface area contributed by atoms with Gasteiger partial charge in [-0.25, -0.2) is 0 Å². The molecule has 9 heteroatoms.